The summed E-state index contributed by atoms with van der Waals surface area (Å²) in [6.07, 6.45) is 3.66. The van der Waals surface area contributed by atoms with Gasteiger partial charge in [0.05, 0.1) is 6.20 Å². The number of nitrogens with zero attached hydrogens (tertiary/aromatic N) is 2. The molecule has 1 heterocycles. The summed E-state index contributed by atoms with van der Waals surface area (Å²) in [5.74, 6) is 0. The van der Waals surface area contributed by atoms with Crippen molar-refractivity contribution in [3.05, 3.63) is 17.5 Å². The van der Waals surface area contributed by atoms with Gasteiger partial charge in [0.25, 0.3) is 0 Å². The average molecular weight is 182 g/mol. The van der Waals surface area contributed by atoms with E-state index < -0.39 is 0 Å². The highest BCUT2D eigenvalue weighted by Gasteiger charge is 2.07. The van der Waals surface area contributed by atoms with Crippen molar-refractivity contribution in [3.63, 3.8) is 0 Å². The van der Waals surface area contributed by atoms with E-state index in [1.807, 2.05) is 10.9 Å². The molecule has 0 amide bonds. The molecule has 1 aromatic rings. The van der Waals surface area contributed by atoms with E-state index in [2.05, 4.69) is 25.9 Å². The van der Waals surface area contributed by atoms with E-state index in [4.69, 9.17) is 5.11 Å². The number of rotatable bonds is 4. The summed E-state index contributed by atoms with van der Waals surface area (Å²) in [4.78, 5) is 0. The predicted molar refractivity (Wildman–Crippen MR) is 52.8 cm³/mol. The Balaban J connectivity index is 2.74. The van der Waals surface area contributed by atoms with Crippen molar-refractivity contribution in [2.75, 3.05) is 6.61 Å². The monoisotopic (exact) mass is 182 g/mol. The van der Waals surface area contributed by atoms with Gasteiger partial charge >= 0.3 is 0 Å². The van der Waals surface area contributed by atoms with Crippen molar-refractivity contribution in [2.24, 2.45) is 0 Å². The van der Waals surface area contributed by atoms with Crippen LogP contribution >= 0.6 is 0 Å². The van der Waals surface area contributed by atoms with E-state index in [0.29, 0.717) is 6.04 Å². The molecule has 0 saturated heterocycles. The third-order valence-corrected chi connectivity index (χ3v) is 2.24. The molecule has 0 aliphatic rings. The maximum Gasteiger partial charge on any atom is 0.0524 e. The van der Waals surface area contributed by atoms with Crippen molar-refractivity contribution in [2.45, 2.75) is 39.7 Å². The predicted octanol–water partition coefficient (Wildman–Crippen LogP) is 1.70. The Kier molecular flexibility index (Phi) is 3.48. The van der Waals surface area contributed by atoms with Crippen molar-refractivity contribution in [1.29, 1.82) is 0 Å². The second-order valence-corrected chi connectivity index (χ2v) is 3.62. The van der Waals surface area contributed by atoms with Crippen molar-refractivity contribution < 1.29 is 5.11 Å². The Morgan fingerprint density at radius 3 is 2.69 bits per heavy atom. The van der Waals surface area contributed by atoms with Gasteiger partial charge in [-0.1, -0.05) is 0 Å². The molecule has 3 nitrogen and oxygen atoms in total. The van der Waals surface area contributed by atoms with Gasteiger partial charge < -0.3 is 5.11 Å². The lowest BCUT2D eigenvalue weighted by molar-refractivity contribution is 0.288. The van der Waals surface area contributed by atoms with Gasteiger partial charge in [-0.05, 0) is 39.2 Å². The number of aliphatic hydroxyl groups excluding tert-OH is 1. The molecule has 0 radical (unpaired) electrons. The quantitative estimate of drug-likeness (QED) is 0.769. The number of hydrogen-bond donors (Lipinski definition) is 1. The Hall–Kier alpha value is -0.830. The molecule has 74 valence electrons. The van der Waals surface area contributed by atoms with Gasteiger partial charge in [-0.3, -0.25) is 4.68 Å². The van der Waals surface area contributed by atoms with Crippen LogP contribution in [-0.2, 0) is 6.42 Å². The summed E-state index contributed by atoms with van der Waals surface area (Å²) >= 11 is 0. The molecule has 1 N–H and O–H groups in total. The molecular weight excluding hydrogens is 164 g/mol. The Morgan fingerprint density at radius 2 is 2.23 bits per heavy atom. The van der Waals surface area contributed by atoms with Gasteiger partial charge in [-0.25, -0.2) is 0 Å². The van der Waals surface area contributed by atoms with Crippen LogP contribution in [0.3, 0.4) is 0 Å². The van der Waals surface area contributed by atoms with Gasteiger partial charge in [0, 0.05) is 18.3 Å². The zero-order chi connectivity index (χ0) is 9.84. The fourth-order valence-electron chi connectivity index (χ4n) is 1.49. The fraction of sp³-hybridized carbons (Fsp3) is 0.700. The van der Waals surface area contributed by atoms with Crippen LogP contribution in [0.2, 0.25) is 0 Å². The maximum absolute atomic E-state index is 8.71. The SMILES string of the molecule is Cc1c(CCCO)cnn1C(C)C. The first-order valence-electron chi connectivity index (χ1n) is 4.80. The molecule has 0 saturated carbocycles. The van der Waals surface area contributed by atoms with E-state index in [1.165, 1.54) is 11.3 Å². The lowest BCUT2D eigenvalue weighted by Crippen LogP contribution is -2.05. The summed E-state index contributed by atoms with van der Waals surface area (Å²) in [5.41, 5.74) is 2.48. The molecular formula is C10H18N2O. The minimum Gasteiger partial charge on any atom is -0.396 e. The molecule has 0 aliphatic carbocycles. The lowest BCUT2D eigenvalue weighted by Gasteiger charge is -2.08. The second-order valence-electron chi connectivity index (χ2n) is 3.62. The van der Waals surface area contributed by atoms with E-state index in [1.54, 1.807) is 0 Å². The zero-order valence-corrected chi connectivity index (χ0v) is 8.62. The standard InChI is InChI=1S/C10H18N2O/c1-8(2)12-9(3)10(7-11-12)5-4-6-13/h7-8,13H,4-6H2,1-3H3. The molecule has 0 fully saturated rings. The van der Waals surface area contributed by atoms with E-state index in [-0.39, 0.29) is 6.61 Å². The number of aryl methyl sites for hydroxylation is 1. The van der Waals surface area contributed by atoms with Gasteiger partial charge in [0.1, 0.15) is 0 Å². The van der Waals surface area contributed by atoms with Gasteiger partial charge in [-0.15, -0.1) is 0 Å². The zero-order valence-electron chi connectivity index (χ0n) is 8.62. The summed E-state index contributed by atoms with van der Waals surface area (Å²) < 4.78 is 2.02. The van der Waals surface area contributed by atoms with Gasteiger partial charge in [-0.2, -0.15) is 5.10 Å². The Morgan fingerprint density at radius 1 is 1.54 bits per heavy atom. The van der Waals surface area contributed by atoms with Crippen LogP contribution in [0.4, 0.5) is 0 Å². The minimum atomic E-state index is 0.256. The smallest absolute Gasteiger partial charge is 0.0524 e. The third-order valence-electron chi connectivity index (χ3n) is 2.24. The average Bonchev–Trinajstić information content (AvgIpc) is 2.43. The van der Waals surface area contributed by atoms with Gasteiger partial charge in [0.2, 0.25) is 0 Å². The molecule has 0 unspecified atom stereocenters. The molecule has 0 spiro atoms. The summed E-state index contributed by atoms with van der Waals surface area (Å²) in [5, 5.41) is 13.0. The van der Waals surface area contributed by atoms with Crippen LogP contribution in [0.1, 0.15) is 37.6 Å². The summed E-state index contributed by atoms with van der Waals surface area (Å²) in [6.45, 7) is 6.58. The van der Waals surface area contributed by atoms with E-state index in [0.717, 1.165) is 12.8 Å². The first-order chi connectivity index (χ1) is 6.16. The van der Waals surface area contributed by atoms with Crippen molar-refractivity contribution in [1.82, 2.24) is 9.78 Å². The highest BCUT2D eigenvalue weighted by molar-refractivity contribution is 5.16. The molecule has 13 heavy (non-hydrogen) atoms. The van der Waals surface area contributed by atoms with Crippen LogP contribution < -0.4 is 0 Å². The molecule has 0 atom stereocenters. The Bertz CT molecular complexity index is 266. The highest BCUT2D eigenvalue weighted by Crippen LogP contribution is 2.13. The van der Waals surface area contributed by atoms with Crippen LogP contribution in [-0.4, -0.2) is 21.5 Å². The van der Waals surface area contributed by atoms with Crippen molar-refractivity contribution >= 4 is 0 Å². The van der Waals surface area contributed by atoms with E-state index in [9.17, 15) is 0 Å². The van der Waals surface area contributed by atoms with Crippen LogP contribution in [0, 0.1) is 6.92 Å². The molecule has 3 heteroatoms. The first kappa shape index (κ1) is 10.3. The number of aromatic nitrogens is 2. The lowest BCUT2D eigenvalue weighted by atomic mass is 10.1. The topological polar surface area (TPSA) is 38.1 Å². The maximum atomic E-state index is 8.71. The first-order valence-corrected chi connectivity index (χ1v) is 4.80. The largest absolute Gasteiger partial charge is 0.396 e. The minimum absolute atomic E-state index is 0.256. The van der Waals surface area contributed by atoms with Crippen LogP contribution in [0.5, 0.6) is 0 Å². The molecule has 1 aromatic heterocycles. The van der Waals surface area contributed by atoms with Crippen molar-refractivity contribution in [3.8, 4) is 0 Å². The third kappa shape index (κ3) is 2.31. The second kappa shape index (κ2) is 4.42. The number of hydrogen-bond acceptors (Lipinski definition) is 2. The van der Waals surface area contributed by atoms with Crippen LogP contribution in [0.15, 0.2) is 6.20 Å². The van der Waals surface area contributed by atoms with E-state index >= 15 is 0 Å². The Labute approximate surface area is 79.4 Å². The number of aliphatic hydroxyl groups is 1. The normalized spacial score (nSPS) is 11.2. The fourth-order valence-corrected chi connectivity index (χ4v) is 1.49. The molecule has 0 aliphatic heterocycles. The highest BCUT2D eigenvalue weighted by atomic mass is 16.2. The summed E-state index contributed by atoms with van der Waals surface area (Å²) in [7, 11) is 0. The molecule has 0 bridgehead atoms. The summed E-state index contributed by atoms with van der Waals surface area (Å²) in [6, 6.07) is 0.419. The molecule has 0 aromatic carbocycles. The van der Waals surface area contributed by atoms with Gasteiger partial charge in [0.15, 0.2) is 0 Å². The molecule has 1 rings (SSSR count). The van der Waals surface area contributed by atoms with Crippen LogP contribution in [0.25, 0.3) is 0 Å².